The lowest BCUT2D eigenvalue weighted by Gasteiger charge is -2.35. The normalized spacial score (nSPS) is 18.5. The van der Waals surface area contributed by atoms with Crippen molar-refractivity contribution in [2.75, 3.05) is 24.4 Å². The molecule has 2 heterocycles. The highest BCUT2D eigenvalue weighted by Crippen LogP contribution is 2.24. The number of morpholine rings is 1. The average Bonchev–Trinajstić information content (AvgIpc) is 3.05. The molecule has 9 nitrogen and oxygen atoms in total. The van der Waals surface area contributed by atoms with Crippen LogP contribution >= 0.6 is 0 Å². The summed E-state index contributed by atoms with van der Waals surface area (Å²) in [5.74, 6) is -0.172. The van der Waals surface area contributed by atoms with E-state index in [9.17, 15) is 18.0 Å². The number of nitrogens with zero attached hydrogens (tertiary/aromatic N) is 4. The minimum absolute atomic E-state index is 0.00539. The standard InChI is InChI=1S/C25H30N4O5S/c1-17-15-28(16-18(2)34-17)24(30)20-11-13-22(14-12-20)35(32,33)27(5)23-19(3)26(4)29(25(23)31)21-9-7-6-8-10-21/h6-14,17-18H,15-16H2,1-5H3/t17-,18-/m0/s1. The Balaban J connectivity index is 1.63. The molecule has 0 bridgehead atoms. The summed E-state index contributed by atoms with van der Waals surface area (Å²) in [7, 11) is -0.971. The fourth-order valence-electron chi connectivity index (χ4n) is 4.49. The minimum Gasteiger partial charge on any atom is -0.372 e. The Hall–Kier alpha value is -3.37. The summed E-state index contributed by atoms with van der Waals surface area (Å²) >= 11 is 0. The molecule has 1 aliphatic heterocycles. The Morgan fingerprint density at radius 2 is 1.57 bits per heavy atom. The van der Waals surface area contributed by atoms with Crippen LogP contribution in [0.25, 0.3) is 5.69 Å². The van der Waals surface area contributed by atoms with Gasteiger partial charge in [-0.15, -0.1) is 0 Å². The molecule has 4 rings (SSSR count). The molecule has 1 aromatic heterocycles. The van der Waals surface area contributed by atoms with E-state index in [1.807, 2.05) is 32.0 Å². The zero-order chi connectivity index (χ0) is 25.5. The van der Waals surface area contributed by atoms with Crippen LogP contribution in [0.15, 0.2) is 64.3 Å². The van der Waals surface area contributed by atoms with Crippen molar-refractivity contribution in [2.24, 2.45) is 7.05 Å². The summed E-state index contributed by atoms with van der Waals surface area (Å²) in [6.45, 7) is 6.49. The van der Waals surface area contributed by atoms with Gasteiger partial charge in [0.05, 0.1) is 28.5 Å². The molecule has 2 aromatic carbocycles. The van der Waals surface area contributed by atoms with Crippen LogP contribution in [0.4, 0.5) is 5.69 Å². The van der Waals surface area contributed by atoms with Crippen molar-refractivity contribution in [1.82, 2.24) is 14.3 Å². The Morgan fingerprint density at radius 1 is 1.00 bits per heavy atom. The van der Waals surface area contributed by atoms with Crippen molar-refractivity contribution in [1.29, 1.82) is 0 Å². The van der Waals surface area contributed by atoms with E-state index < -0.39 is 15.6 Å². The van der Waals surface area contributed by atoms with E-state index in [2.05, 4.69) is 0 Å². The summed E-state index contributed by atoms with van der Waals surface area (Å²) in [6, 6.07) is 14.9. The predicted octanol–water partition coefficient (Wildman–Crippen LogP) is 2.56. The molecular formula is C25H30N4O5S. The second-order valence-corrected chi connectivity index (χ2v) is 10.8. The van der Waals surface area contributed by atoms with Crippen LogP contribution in [-0.2, 0) is 21.8 Å². The lowest BCUT2D eigenvalue weighted by atomic mass is 10.1. The fraction of sp³-hybridized carbons (Fsp3) is 0.360. The topological polar surface area (TPSA) is 93.9 Å². The van der Waals surface area contributed by atoms with Crippen molar-refractivity contribution in [3.8, 4) is 5.69 Å². The number of aromatic nitrogens is 2. The van der Waals surface area contributed by atoms with Crippen LogP contribution < -0.4 is 9.86 Å². The highest BCUT2D eigenvalue weighted by Gasteiger charge is 2.30. The molecule has 1 aliphatic rings. The predicted molar refractivity (Wildman–Crippen MR) is 134 cm³/mol. The second kappa shape index (κ2) is 9.35. The van der Waals surface area contributed by atoms with Crippen LogP contribution in [0.1, 0.15) is 29.9 Å². The average molecular weight is 499 g/mol. The number of ether oxygens (including phenoxy) is 1. The summed E-state index contributed by atoms with van der Waals surface area (Å²) in [6.07, 6.45) is -0.130. The molecule has 0 unspecified atom stereocenters. The minimum atomic E-state index is -4.05. The molecule has 35 heavy (non-hydrogen) atoms. The first-order chi connectivity index (χ1) is 16.5. The number of hydrogen-bond donors (Lipinski definition) is 0. The molecule has 186 valence electrons. The monoisotopic (exact) mass is 498 g/mol. The molecule has 0 radical (unpaired) electrons. The van der Waals surface area contributed by atoms with E-state index in [1.54, 1.807) is 35.7 Å². The van der Waals surface area contributed by atoms with Crippen molar-refractivity contribution < 1.29 is 17.9 Å². The Morgan fingerprint density at radius 3 is 2.14 bits per heavy atom. The van der Waals surface area contributed by atoms with Gasteiger partial charge in [-0.3, -0.25) is 18.6 Å². The molecule has 0 aliphatic carbocycles. The third kappa shape index (κ3) is 4.51. The van der Waals surface area contributed by atoms with E-state index in [-0.39, 0.29) is 28.7 Å². The lowest BCUT2D eigenvalue weighted by molar-refractivity contribution is -0.0586. The molecule has 1 fully saturated rings. The Labute approximate surface area is 205 Å². The molecular weight excluding hydrogens is 468 g/mol. The molecule has 10 heteroatoms. The molecule has 1 saturated heterocycles. The van der Waals surface area contributed by atoms with Gasteiger partial charge in [-0.25, -0.2) is 13.1 Å². The first kappa shape index (κ1) is 24.7. The van der Waals surface area contributed by atoms with Gasteiger partial charge in [-0.2, -0.15) is 0 Å². The largest absolute Gasteiger partial charge is 0.372 e. The summed E-state index contributed by atoms with van der Waals surface area (Å²) in [5, 5.41) is 0. The van der Waals surface area contributed by atoms with Crippen LogP contribution in [0.5, 0.6) is 0 Å². The first-order valence-corrected chi connectivity index (χ1v) is 12.8. The van der Waals surface area contributed by atoms with Crippen molar-refractivity contribution >= 4 is 21.6 Å². The fourth-order valence-corrected chi connectivity index (χ4v) is 5.74. The summed E-state index contributed by atoms with van der Waals surface area (Å²) < 4.78 is 36.6. The zero-order valence-corrected chi connectivity index (χ0v) is 21.3. The van der Waals surface area contributed by atoms with Gasteiger partial charge in [0.1, 0.15) is 5.69 Å². The number of hydrogen-bond acceptors (Lipinski definition) is 5. The Kier molecular flexibility index (Phi) is 6.61. The molecule has 0 N–H and O–H groups in total. The van der Waals surface area contributed by atoms with Gasteiger partial charge in [0, 0.05) is 32.7 Å². The number of amides is 1. The van der Waals surface area contributed by atoms with Crippen LogP contribution in [0.2, 0.25) is 0 Å². The van der Waals surface area contributed by atoms with E-state index >= 15 is 0 Å². The van der Waals surface area contributed by atoms with E-state index in [4.69, 9.17) is 4.74 Å². The quantitative estimate of drug-likeness (QED) is 0.539. The highest BCUT2D eigenvalue weighted by molar-refractivity contribution is 7.92. The molecule has 2 atom stereocenters. The van der Waals surface area contributed by atoms with Crippen molar-refractivity contribution in [3.63, 3.8) is 0 Å². The molecule has 3 aromatic rings. The summed E-state index contributed by atoms with van der Waals surface area (Å²) in [5.41, 5.74) is 1.16. The maximum Gasteiger partial charge on any atom is 0.296 e. The molecule has 0 saturated carbocycles. The first-order valence-electron chi connectivity index (χ1n) is 11.4. The smallest absolute Gasteiger partial charge is 0.296 e. The van der Waals surface area contributed by atoms with Crippen LogP contribution in [0.3, 0.4) is 0 Å². The number of anilines is 1. The molecule has 1 amide bonds. The third-order valence-electron chi connectivity index (χ3n) is 6.31. The maximum atomic E-state index is 13.4. The number of benzene rings is 2. The van der Waals surface area contributed by atoms with Gasteiger partial charge in [0.2, 0.25) is 0 Å². The number of rotatable bonds is 5. The van der Waals surface area contributed by atoms with Crippen LogP contribution in [-0.4, -0.2) is 60.9 Å². The van der Waals surface area contributed by atoms with Gasteiger partial charge in [-0.1, -0.05) is 18.2 Å². The molecule has 0 spiro atoms. The van der Waals surface area contributed by atoms with E-state index in [0.29, 0.717) is 30.0 Å². The Bertz CT molecular complexity index is 1380. The van der Waals surface area contributed by atoms with E-state index in [0.717, 1.165) is 4.31 Å². The van der Waals surface area contributed by atoms with Gasteiger partial charge in [-0.05, 0) is 57.2 Å². The zero-order valence-electron chi connectivity index (χ0n) is 20.5. The van der Waals surface area contributed by atoms with Crippen molar-refractivity contribution in [2.45, 2.75) is 37.9 Å². The van der Waals surface area contributed by atoms with Gasteiger partial charge >= 0.3 is 0 Å². The van der Waals surface area contributed by atoms with Gasteiger partial charge < -0.3 is 9.64 Å². The summed E-state index contributed by atoms with van der Waals surface area (Å²) in [4.78, 5) is 27.9. The SMILES string of the molecule is Cc1c(N(C)S(=O)(=O)c2ccc(C(=O)N3C[C@H](C)O[C@@H](C)C3)cc2)c(=O)n(-c2ccccc2)n1C. The number of para-hydroxylation sites is 1. The second-order valence-electron chi connectivity index (χ2n) is 8.87. The number of carbonyl (C=O) groups is 1. The third-order valence-corrected chi connectivity index (χ3v) is 8.08. The lowest BCUT2D eigenvalue weighted by Crippen LogP contribution is -2.48. The van der Waals surface area contributed by atoms with Gasteiger partial charge in [0.25, 0.3) is 21.5 Å². The van der Waals surface area contributed by atoms with Crippen LogP contribution in [0, 0.1) is 6.92 Å². The number of sulfonamides is 1. The van der Waals surface area contributed by atoms with E-state index in [1.165, 1.54) is 36.0 Å². The highest BCUT2D eigenvalue weighted by atomic mass is 32.2. The number of carbonyl (C=O) groups excluding carboxylic acids is 1. The van der Waals surface area contributed by atoms with Gasteiger partial charge in [0.15, 0.2) is 0 Å². The maximum absolute atomic E-state index is 13.4. The van der Waals surface area contributed by atoms with Crippen molar-refractivity contribution in [3.05, 3.63) is 76.2 Å².